The molecule has 2 aliphatic rings. The highest BCUT2D eigenvalue weighted by Crippen LogP contribution is 2.33. The average Bonchev–Trinajstić information content (AvgIpc) is 2.91. The molecule has 2 rings (SSSR count). The minimum atomic E-state index is -0.862. The Kier molecular flexibility index (Phi) is 5.37. The first-order valence-corrected chi connectivity index (χ1v) is 8.58. The average molecular weight is 315 g/mol. The number of hydrogen-bond acceptors (Lipinski definition) is 4. The molecule has 4 N–H and O–H groups in total. The van der Waals surface area contributed by atoms with Gasteiger partial charge < -0.3 is 21.1 Å². The van der Waals surface area contributed by atoms with Crippen LogP contribution in [0.25, 0.3) is 0 Å². The van der Waals surface area contributed by atoms with E-state index < -0.39 is 5.60 Å². The molecular formula is C14H25N3O3S. The Labute approximate surface area is 129 Å². The van der Waals surface area contributed by atoms with Gasteiger partial charge in [0.15, 0.2) is 0 Å². The lowest BCUT2D eigenvalue weighted by Crippen LogP contribution is -2.38. The molecule has 2 aliphatic heterocycles. The van der Waals surface area contributed by atoms with Crippen LogP contribution in [0.4, 0.5) is 4.79 Å². The molecule has 2 saturated heterocycles. The molecule has 0 aromatic carbocycles. The van der Waals surface area contributed by atoms with Crippen LogP contribution in [0, 0.1) is 0 Å². The Balaban J connectivity index is 1.58. The van der Waals surface area contributed by atoms with Crippen LogP contribution >= 0.6 is 11.8 Å². The highest BCUT2D eigenvalue weighted by Gasteiger charge is 2.42. The molecule has 2 heterocycles. The summed E-state index contributed by atoms with van der Waals surface area (Å²) in [5, 5.41) is 18.6. The molecule has 3 atom stereocenters. The van der Waals surface area contributed by atoms with Gasteiger partial charge in [0.25, 0.3) is 0 Å². The van der Waals surface area contributed by atoms with E-state index in [2.05, 4.69) is 16.0 Å². The number of aliphatic hydroxyl groups is 1. The zero-order chi connectivity index (χ0) is 15.5. The van der Waals surface area contributed by atoms with Gasteiger partial charge in [-0.05, 0) is 26.7 Å². The molecule has 0 spiro atoms. The van der Waals surface area contributed by atoms with E-state index in [1.54, 1.807) is 13.8 Å². The van der Waals surface area contributed by atoms with E-state index in [9.17, 15) is 14.7 Å². The molecule has 0 saturated carbocycles. The van der Waals surface area contributed by atoms with Crippen LogP contribution in [0.15, 0.2) is 0 Å². The lowest BCUT2D eigenvalue weighted by atomic mass is 10.0. The molecule has 0 unspecified atom stereocenters. The van der Waals surface area contributed by atoms with Crippen molar-refractivity contribution in [1.29, 1.82) is 0 Å². The normalized spacial score (nSPS) is 28.0. The van der Waals surface area contributed by atoms with E-state index in [-0.39, 0.29) is 30.6 Å². The van der Waals surface area contributed by atoms with Gasteiger partial charge in [0.2, 0.25) is 5.91 Å². The molecule has 0 radical (unpaired) electrons. The summed E-state index contributed by atoms with van der Waals surface area (Å²) in [6.07, 6.45) is 3.33. The third-order valence-electron chi connectivity index (χ3n) is 3.80. The molecule has 0 aromatic rings. The number of carbonyl (C=O) groups excluding carboxylic acids is 2. The zero-order valence-electron chi connectivity index (χ0n) is 12.6. The second-order valence-electron chi connectivity index (χ2n) is 6.46. The van der Waals surface area contributed by atoms with Crippen molar-refractivity contribution in [3.8, 4) is 0 Å². The van der Waals surface area contributed by atoms with Crippen LogP contribution in [0.1, 0.15) is 39.5 Å². The first-order chi connectivity index (χ1) is 9.85. The maximum Gasteiger partial charge on any atom is 0.315 e. The molecule has 21 heavy (non-hydrogen) atoms. The van der Waals surface area contributed by atoms with Gasteiger partial charge >= 0.3 is 6.03 Å². The fraction of sp³-hybridized carbons (Fsp3) is 0.857. The Bertz CT molecular complexity index is 397. The summed E-state index contributed by atoms with van der Waals surface area (Å²) < 4.78 is 0. The standard InChI is InChI=1S/C14H25N3O3S/c1-14(2,20)8-15-11(18)6-4-3-5-10-12-9(7-21-10)16-13(19)17-12/h9-10,12,20H,3-8H2,1-2H3,(H,15,18)(H2,16,17,19)/t9-,10-,12-/m0/s1. The number of rotatable bonds is 7. The smallest absolute Gasteiger partial charge is 0.315 e. The number of hydrogen-bond donors (Lipinski definition) is 4. The number of fused-ring (bicyclic) bond motifs is 1. The van der Waals surface area contributed by atoms with Crippen molar-refractivity contribution in [1.82, 2.24) is 16.0 Å². The van der Waals surface area contributed by atoms with Crippen molar-refractivity contribution >= 4 is 23.7 Å². The van der Waals surface area contributed by atoms with Crippen LogP contribution < -0.4 is 16.0 Å². The van der Waals surface area contributed by atoms with Gasteiger partial charge in [0, 0.05) is 24.0 Å². The third kappa shape index (κ3) is 5.07. The lowest BCUT2D eigenvalue weighted by molar-refractivity contribution is -0.122. The number of thioether (sulfide) groups is 1. The molecule has 0 aliphatic carbocycles. The van der Waals surface area contributed by atoms with E-state index >= 15 is 0 Å². The first kappa shape index (κ1) is 16.4. The summed E-state index contributed by atoms with van der Waals surface area (Å²) in [4.78, 5) is 22.9. The summed E-state index contributed by atoms with van der Waals surface area (Å²) in [6, 6.07) is 0.454. The van der Waals surface area contributed by atoms with Gasteiger partial charge in [0.1, 0.15) is 0 Å². The molecule has 7 heteroatoms. The Morgan fingerprint density at radius 1 is 1.43 bits per heavy atom. The number of carbonyl (C=O) groups is 2. The second kappa shape index (κ2) is 6.87. The highest BCUT2D eigenvalue weighted by molar-refractivity contribution is 8.00. The van der Waals surface area contributed by atoms with Crippen molar-refractivity contribution < 1.29 is 14.7 Å². The molecule has 0 aromatic heterocycles. The van der Waals surface area contributed by atoms with Gasteiger partial charge in [-0.2, -0.15) is 11.8 Å². The zero-order valence-corrected chi connectivity index (χ0v) is 13.5. The quantitative estimate of drug-likeness (QED) is 0.409. The Morgan fingerprint density at radius 2 is 2.19 bits per heavy atom. The topological polar surface area (TPSA) is 90.5 Å². The maximum absolute atomic E-state index is 11.6. The van der Waals surface area contributed by atoms with Crippen LogP contribution in [0.3, 0.4) is 0 Å². The minimum absolute atomic E-state index is 0.00934. The summed E-state index contributed by atoms with van der Waals surface area (Å²) >= 11 is 1.90. The highest BCUT2D eigenvalue weighted by atomic mass is 32.2. The Morgan fingerprint density at radius 3 is 2.90 bits per heavy atom. The second-order valence-corrected chi connectivity index (χ2v) is 7.73. The molecule has 0 bridgehead atoms. The fourth-order valence-electron chi connectivity index (χ4n) is 2.68. The van der Waals surface area contributed by atoms with Gasteiger partial charge in [-0.3, -0.25) is 4.79 Å². The van der Waals surface area contributed by atoms with Gasteiger partial charge in [-0.1, -0.05) is 6.42 Å². The van der Waals surface area contributed by atoms with Gasteiger partial charge in [-0.25, -0.2) is 4.79 Å². The minimum Gasteiger partial charge on any atom is -0.389 e. The van der Waals surface area contributed by atoms with Crippen LogP contribution in [-0.4, -0.2) is 52.3 Å². The van der Waals surface area contributed by atoms with Crippen molar-refractivity contribution in [2.24, 2.45) is 0 Å². The summed E-state index contributed by atoms with van der Waals surface area (Å²) in [6.45, 7) is 3.63. The van der Waals surface area contributed by atoms with E-state index in [0.717, 1.165) is 25.0 Å². The molecule has 2 fully saturated rings. The number of urea groups is 1. The van der Waals surface area contributed by atoms with Crippen molar-refractivity contribution in [2.45, 2.75) is 62.5 Å². The predicted molar refractivity (Wildman–Crippen MR) is 83.3 cm³/mol. The van der Waals surface area contributed by atoms with Crippen molar-refractivity contribution in [2.75, 3.05) is 12.3 Å². The number of unbranched alkanes of at least 4 members (excludes halogenated alkanes) is 1. The third-order valence-corrected chi connectivity index (χ3v) is 5.31. The summed E-state index contributed by atoms with van der Waals surface area (Å²) in [5.41, 5.74) is -0.862. The van der Waals surface area contributed by atoms with Gasteiger partial charge in [-0.15, -0.1) is 0 Å². The maximum atomic E-state index is 11.6. The molecule has 6 nitrogen and oxygen atoms in total. The van der Waals surface area contributed by atoms with E-state index in [1.165, 1.54) is 0 Å². The van der Waals surface area contributed by atoms with E-state index in [4.69, 9.17) is 0 Å². The molecule has 3 amide bonds. The predicted octanol–water partition coefficient (Wildman–Crippen LogP) is 0.599. The van der Waals surface area contributed by atoms with Crippen LogP contribution in [0.2, 0.25) is 0 Å². The van der Waals surface area contributed by atoms with Crippen LogP contribution in [0.5, 0.6) is 0 Å². The summed E-state index contributed by atoms with van der Waals surface area (Å²) in [7, 11) is 0. The van der Waals surface area contributed by atoms with E-state index in [1.807, 2.05) is 11.8 Å². The summed E-state index contributed by atoms with van der Waals surface area (Å²) in [5.74, 6) is 0.963. The number of nitrogens with one attached hydrogen (secondary N) is 3. The monoisotopic (exact) mass is 315 g/mol. The van der Waals surface area contributed by atoms with Crippen LogP contribution in [-0.2, 0) is 4.79 Å². The lowest BCUT2D eigenvalue weighted by Gasteiger charge is -2.18. The van der Waals surface area contributed by atoms with Crippen molar-refractivity contribution in [3.05, 3.63) is 0 Å². The first-order valence-electron chi connectivity index (χ1n) is 7.53. The largest absolute Gasteiger partial charge is 0.389 e. The SMILES string of the molecule is CC(C)(O)CNC(=O)CCCC[C@@H]1SC[C@@H]2NC(=O)N[C@@H]21. The van der Waals surface area contributed by atoms with Crippen molar-refractivity contribution in [3.63, 3.8) is 0 Å². The Hall–Kier alpha value is -0.950. The molecular weight excluding hydrogens is 290 g/mol. The van der Waals surface area contributed by atoms with E-state index in [0.29, 0.717) is 11.7 Å². The fourth-order valence-corrected chi connectivity index (χ4v) is 4.22. The van der Waals surface area contributed by atoms with Gasteiger partial charge in [0.05, 0.1) is 17.7 Å². The molecule has 120 valence electrons. The number of amides is 3.